The molecule has 0 fully saturated rings. The Morgan fingerprint density at radius 1 is 1.26 bits per heavy atom. The first-order valence-electron chi connectivity index (χ1n) is 6.96. The van der Waals surface area contributed by atoms with Crippen molar-refractivity contribution in [2.24, 2.45) is 10.7 Å². The molecule has 0 aliphatic rings. The first-order chi connectivity index (χ1) is 9.27. The van der Waals surface area contributed by atoms with Crippen LogP contribution in [-0.4, -0.2) is 25.7 Å². The number of benzene rings is 1. The fourth-order valence-electron chi connectivity index (χ4n) is 1.82. The van der Waals surface area contributed by atoms with Gasteiger partial charge in [0.1, 0.15) is 0 Å². The molecule has 1 aromatic rings. The smallest absolute Gasteiger partial charge is 0.188 e. The van der Waals surface area contributed by atoms with E-state index in [0.717, 1.165) is 32.6 Å². The van der Waals surface area contributed by atoms with Crippen molar-refractivity contribution < 1.29 is 4.74 Å². The van der Waals surface area contributed by atoms with Crippen LogP contribution in [0.1, 0.15) is 31.4 Å². The van der Waals surface area contributed by atoms with E-state index in [9.17, 15) is 0 Å². The van der Waals surface area contributed by atoms with Crippen LogP contribution in [0.2, 0.25) is 0 Å². The number of nitrogens with zero attached hydrogens (tertiary/aromatic N) is 1. The lowest BCUT2D eigenvalue weighted by atomic mass is 10.1. The van der Waals surface area contributed by atoms with E-state index in [-0.39, 0.29) is 0 Å². The zero-order valence-corrected chi connectivity index (χ0v) is 12.0. The van der Waals surface area contributed by atoms with Gasteiger partial charge in [-0.05, 0) is 30.9 Å². The largest absolute Gasteiger partial charge is 0.382 e. The van der Waals surface area contributed by atoms with E-state index in [1.54, 1.807) is 0 Å². The summed E-state index contributed by atoms with van der Waals surface area (Å²) in [4.78, 5) is 4.36. The van der Waals surface area contributed by atoms with Gasteiger partial charge in [-0.1, -0.05) is 31.2 Å². The van der Waals surface area contributed by atoms with Gasteiger partial charge in [0.25, 0.3) is 0 Å². The molecule has 0 unspecified atom stereocenters. The molecule has 19 heavy (non-hydrogen) atoms. The van der Waals surface area contributed by atoms with Gasteiger partial charge in [-0.2, -0.15) is 0 Å². The van der Waals surface area contributed by atoms with Crippen molar-refractivity contribution in [1.29, 1.82) is 0 Å². The molecule has 0 amide bonds. The molecule has 0 radical (unpaired) electrons. The second kappa shape index (κ2) is 9.39. The lowest BCUT2D eigenvalue weighted by Crippen LogP contribution is -2.32. The van der Waals surface area contributed by atoms with Crippen LogP contribution in [0, 0.1) is 0 Å². The molecule has 1 rings (SSSR count). The molecule has 106 valence electrons. The van der Waals surface area contributed by atoms with Crippen LogP contribution in [0.3, 0.4) is 0 Å². The quantitative estimate of drug-likeness (QED) is 0.429. The van der Waals surface area contributed by atoms with Crippen LogP contribution >= 0.6 is 0 Å². The molecule has 0 bridgehead atoms. The Morgan fingerprint density at radius 3 is 2.68 bits per heavy atom. The van der Waals surface area contributed by atoms with Crippen molar-refractivity contribution in [2.45, 2.75) is 33.2 Å². The molecule has 0 heterocycles. The Balaban J connectivity index is 2.34. The van der Waals surface area contributed by atoms with Crippen LogP contribution in [0.25, 0.3) is 0 Å². The number of ether oxygens (including phenoxy) is 1. The van der Waals surface area contributed by atoms with Gasteiger partial charge in [0, 0.05) is 19.8 Å². The second-order valence-electron chi connectivity index (χ2n) is 4.30. The molecule has 0 aliphatic carbocycles. The number of guanidine groups is 1. The van der Waals surface area contributed by atoms with E-state index in [0.29, 0.717) is 12.5 Å². The Bertz CT molecular complexity index is 391. The predicted molar refractivity (Wildman–Crippen MR) is 80.3 cm³/mol. The topological polar surface area (TPSA) is 59.6 Å². The molecule has 1 aromatic carbocycles. The van der Waals surface area contributed by atoms with Crippen LogP contribution in [0.15, 0.2) is 29.3 Å². The standard InChI is InChI=1S/C15H25N3O/c1-3-13-8-5-6-9-14(13)12-18-15(16)17-10-7-11-19-4-2/h5-6,8-9H,3-4,7,10-12H2,1-2H3,(H3,16,17,18). The molecule has 4 heteroatoms. The average Bonchev–Trinajstić information content (AvgIpc) is 2.45. The van der Waals surface area contributed by atoms with E-state index in [1.807, 2.05) is 13.0 Å². The average molecular weight is 263 g/mol. The third-order valence-electron chi connectivity index (χ3n) is 2.89. The monoisotopic (exact) mass is 263 g/mol. The maximum absolute atomic E-state index is 5.83. The van der Waals surface area contributed by atoms with Crippen molar-refractivity contribution in [3.05, 3.63) is 35.4 Å². The summed E-state index contributed by atoms with van der Waals surface area (Å²) < 4.78 is 5.25. The third-order valence-corrected chi connectivity index (χ3v) is 2.89. The van der Waals surface area contributed by atoms with E-state index in [1.165, 1.54) is 11.1 Å². The summed E-state index contributed by atoms with van der Waals surface area (Å²) >= 11 is 0. The molecule has 0 saturated carbocycles. The lowest BCUT2D eigenvalue weighted by Gasteiger charge is -2.07. The molecule has 3 N–H and O–H groups in total. The van der Waals surface area contributed by atoms with Crippen LogP contribution in [0.5, 0.6) is 0 Å². The van der Waals surface area contributed by atoms with Crippen molar-refractivity contribution in [3.63, 3.8) is 0 Å². The number of nitrogens with one attached hydrogen (secondary N) is 1. The molecule has 0 aromatic heterocycles. The third kappa shape index (κ3) is 6.25. The first-order valence-corrected chi connectivity index (χ1v) is 6.96. The number of aryl methyl sites for hydroxylation is 1. The summed E-state index contributed by atoms with van der Waals surface area (Å²) in [5, 5.41) is 3.10. The molecular weight excluding hydrogens is 238 g/mol. The van der Waals surface area contributed by atoms with Crippen molar-refractivity contribution in [2.75, 3.05) is 19.8 Å². The summed E-state index contributed by atoms with van der Waals surface area (Å²) in [6, 6.07) is 8.33. The van der Waals surface area contributed by atoms with E-state index >= 15 is 0 Å². The van der Waals surface area contributed by atoms with Crippen LogP contribution in [-0.2, 0) is 17.7 Å². The highest BCUT2D eigenvalue weighted by Crippen LogP contribution is 2.10. The number of rotatable bonds is 8. The van der Waals surface area contributed by atoms with Crippen molar-refractivity contribution in [3.8, 4) is 0 Å². The Morgan fingerprint density at radius 2 is 2.00 bits per heavy atom. The highest BCUT2D eigenvalue weighted by molar-refractivity contribution is 5.77. The maximum Gasteiger partial charge on any atom is 0.188 e. The molecule has 0 aliphatic heterocycles. The predicted octanol–water partition coefficient (Wildman–Crippen LogP) is 2.08. The normalized spacial score (nSPS) is 11.6. The van der Waals surface area contributed by atoms with Crippen LogP contribution < -0.4 is 11.1 Å². The molecule has 0 saturated heterocycles. The SMILES string of the molecule is CCOCCCNC(N)=NCc1ccccc1CC. The first kappa shape index (κ1) is 15.5. The van der Waals surface area contributed by atoms with Gasteiger partial charge in [0.2, 0.25) is 0 Å². The molecular formula is C15H25N3O. The zero-order valence-electron chi connectivity index (χ0n) is 12.0. The van der Waals surface area contributed by atoms with Gasteiger partial charge >= 0.3 is 0 Å². The van der Waals surface area contributed by atoms with Gasteiger partial charge in [-0.15, -0.1) is 0 Å². The molecule has 4 nitrogen and oxygen atoms in total. The Kier molecular flexibility index (Phi) is 7.66. The van der Waals surface area contributed by atoms with E-state index in [2.05, 4.69) is 35.4 Å². The summed E-state index contributed by atoms with van der Waals surface area (Å²) in [5.41, 5.74) is 8.39. The van der Waals surface area contributed by atoms with Gasteiger partial charge in [-0.25, -0.2) is 4.99 Å². The summed E-state index contributed by atoms with van der Waals surface area (Å²) in [6.07, 6.45) is 1.96. The second-order valence-corrected chi connectivity index (χ2v) is 4.30. The lowest BCUT2D eigenvalue weighted by molar-refractivity contribution is 0.145. The summed E-state index contributed by atoms with van der Waals surface area (Å²) in [7, 11) is 0. The Labute approximate surface area is 116 Å². The highest BCUT2D eigenvalue weighted by atomic mass is 16.5. The zero-order chi connectivity index (χ0) is 13.9. The summed E-state index contributed by atoms with van der Waals surface area (Å²) in [5.74, 6) is 0.502. The van der Waals surface area contributed by atoms with Crippen molar-refractivity contribution >= 4 is 5.96 Å². The minimum Gasteiger partial charge on any atom is -0.382 e. The summed E-state index contributed by atoms with van der Waals surface area (Å²) in [6.45, 7) is 7.10. The van der Waals surface area contributed by atoms with Gasteiger partial charge in [-0.3, -0.25) is 0 Å². The van der Waals surface area contributed by atoms with E-state index in [4.69, 9.17) is 10.5 Å². The minimum atomic E-state index is 0.502. The number of aliphatic imine (C=N–C) groups is 1. The Hall–Kier alpha value is -1.55. The molecule has 0 spiro atoms. The number of hydrogen-bond acceptors (Lipinski definition) is 2. The maximum atomic E-state index is 5.83. The van der Waals surface area contributed by atoms with Crippen molar-refractivity contribution in [1.82, 2.24) is 5.32 Å². The number of hydrogen-bond donors (Lipinski definition) is 2. The van der Waals surface area contributed by atoms with Crippen LogP contribution in [0.4, 0.5) is 0 Å². The molecule has 0 atom stereocenters. The fraction of sp³-hybridized carbons (Fsp3) is 0.533. The van der Waals surface area contributed by atoms with Gasteiger partial charge < -0.3 is 15.8 Å². The number of nitrogens with two attached hydrogens (primary N) is 1. The van der Waals surface area contributed by atoms with E-state index < -0.39 is 0 Å². The highest BCUT2D eigenvalue weighted by Gasteiger charge is 1.98. The van der Waals surface area contributed by atoms with Gasteiger partial charge in [0.05, 0.1) is 6.54 Å². The minimum absolute atomic E-state index is 0.502. The van der Waals surface area contributed by atoms with Gasteiger partial charge in [0.15, 0.2) is 5.96 Å². The fourth-order valence-corrected chi connectivity index (χ4v) is 1.82.